The summed E-state index contributed by atoms with van der Waals surface area (Å²) in [7, 11) is 0. The molecule has 26 heavy (non-hydrogen) atoms. The second-order valence-corrected chi connectivity index (χ2v) is 7.77. The van der Waals surface area contributed by atoms with Gasteiger partial charge in [-0.15, -0.1) is 0 Å². The molecule has 1 amide bonds. The number of hydrogen-bond donors (Lipinski definition) is 0. The van der Waals surface area contributed by atoms with Crippen molar-refractivity contribution in [3.63, 3.8) is 0 Å². The maximum absolute atomic E-state index is 12.5. The van der Waals surface area contributed by atoms with Gasteiger partial charge in [0, 0.05) is 10.5 Å². The molecule has 1 saturated heterocycles. The second kappa shape index (κ2) is 7.95. The van der Waals surface area contributed by atoms with Crippen LogP contribution in [0.5, 0.6) is 0 Å². The lowest BCUT2D eigenvalue weighted by Gasteiger charge is -2.24. The lowest BCUT2D eigenvalue weighted by atomic mass is 10.0. The van der Waals surface area contributed by atoms with Crippen LogP contribution in [0.2, 0.25) is 0 Å². The van der Waals surface area contributed by atoms with Crippen molar-refractivity contribution < 1.29 is 9.53 Å². The average Bonchev–Trinajstić information content (AvgIpc) is 2.95. The van der Waals surface area contributed by atoms with Crippen LogP contribution in [0.15, 0.2) is 58.5 Å². The molecule has 0 atom stereocenters. The summed E-state index contributed by atoms with van der Waals surface area (Å²) in [6.45, 7) is 9.64. The van der Waals surface area contributed by atoms with Crippen molar-refractivity contribution in [3.05, 3.63) is 64.1 Å². The summed E-state index contributed by atoms with van der Waals surface area (Å²) < 4.78 is 5.45. The quantitative estimate of drug-likeness (QED) is 0.702. The Labute approximate surface area is 157 Å². The second-order valence-electron chi connectivity index (χ2n) is 6.57. The third-order valence-corrected chi connectivity index (χ3v) is 4.27. The van der Waals surface area contributed by atoms with Crippen LogP contribution < -0.4 is 0 Å². The van der Waals surface area contributed by atoms with Crippen molar-refractivity contribution in [1.82, 2.24) is 4.90 Å². The van der Waals surface area contributed by atoms with Crippen LogP contribution in [0.1, 0.15) is 26.3 Å². The summed E-state index contributed by atoms with van der Waals surface area (Å²) in [4.78, 5) is 14.8. The Hall–Kier alpha value is -2.96. The van der Waals surface area contributed by atoms with Crippen molar-refractivity contribution in [2.24, 2.45) is 0 Å². The fourth-order valence-corrected chi connectivity index (χ4v) is 3.17. The summed E-state index contributed by atoms with van der Waals surface area (Å²) in [6.07, 6.45) is 1.18. The van der Waals surface area contributed by atoms with E-state index in [1.807, 2.05) is 42.5 Å². The number of amides is 1. The molecule has 0 aliphatic carbocycles. The Bertz CT molecular complexity index is 849. The van der Waals surface area contributed by atoms with Crippen LogP contribution in [-0.4, -0.2) is 23.1 Å². The van der Waals surface area contributed by atoms with E-state index in [4.69, 9.17) is 4.74 Å². The lowest BCUT2D eigenvalue weighted by Crippen LogP contribution is -2.34. The summed E-state index contributed by atoms with van der Waals surface area (Å²) in [5.41, 5.74) is 0.534. The highest BCUT2D eigenvalue weighted by Gasteiger charge is 2.31. The van der Waals surface area contributed by atoms with Crippen molar-refractivity contribution in [2.45, 2.75) is 26.4 Å². The van der Waals surface area contributed by atoms with Gasteiger partial charge in [0.2, 0.25) is 0 Å². The van der Waals surface area contributed by atoms with Crippen LogP contribution >= 0.6 is 11.8 Å². The highest BCUT2D eigenvalue weighted by Crippen LogP contribution is 2.39. The van der Waals surface area contributed by atoms with E-state index >= 15 is 0 Å². The normalized spacial score (nSPS) is 15.3. The number of thioether (sulfide) groups is 1. The van der Waals surface area contributed by atoms with E-state index < -0.39 is 11.7 Å². The average molecular weight is 365 g/mol. The highest BCUT2D eigenvalue weighted by atomic mass is 32.2. The van der Waals surface area contributed by atoms with Crippen molar-refractivity contribution in [1.29, 1.82) is 10.5 Å². The van der Waals surface area contributed by atoms with Crippen molar-refractivity contribution in [2.75, 3.05) is 6.54 Å². The van der Waals surface area contributed by atoms with Gasteiger partial charge in [-0.3, -0.25) is 4.90 Å². The van der Waals surface area contributed by atoms with Gasteiger partial charge in [-0.25, -0.2) is 4.79 Å². The van der Waals surface area contributed by atoms with E-state index in [9.17, 15) is 15.3 Å². The minimum atomic E-state index is -0.626. The molecule has 2 rings (SSSR count). The van der Waals surface area contributed by atoms with E-state index in [1.54, 1.807) is 26.8 Å². The summed E-state index contributed by atoms with van der Waals surface area (Å²) in [5.74, 6) is 0. The lowest BCUT2D eigenvalue weighted by molar-refractivity contribution is 0.0350. The van der Waals surface area contributed by atoms with Crippen LogP contribution in [0.25, 0.3) is 5.57 Å². The first-order valence-electron chi connectivity index (χ1n) is 7.93. The summed E-state index contributed by atoms with van der Waals surface area (Å²) in [5, 5.41) is 19.2. The van der Waals surface area contributed by atoms with Crippen molar-refractivity contribution >= 4 is 23.4 Å². The minimum Gasteiger partial charge on any atom is -0.443 e. The summed E-state index contributed by atoms with van der Waals surface area (Å²) >= 11 is 1.33. The Morgan fingerprint density at radius 3 is 2.42 bits per heavy atom. The van der Waals surface area contributed by atoms with Crippen LogP contribution in [-0.2, 0) is 4.74 Å². The van der Waals surface area contributed by atoms with Gasteiger partial charge < -0.3 is 4.74 Å². The number of allylic oxidation sites excluding steroid dienone is 3. The van der Waals surface area contributed by atoms with Gasteiger partial charge in [0.1, 0.15) is 23.3 Å². The Morgan fingerprint density at radius 2 is 1.88 bits per heavy atom. The van der Waals surface area contributed by atoms with E-state index in [2.05, 4.69) is 6.58 Å². The van der Waals surface area contributed by atoms with Gasteiger partial charge >= 0.3 is 6.09 Å². The molecule has 5 nitrogen and oxygen atoms in total. The van der Waals surface area contributed by atoms with Crippen molar-refractivity contribution in [3.8, 4) is 12.1 Å². The molecule has 1 aliphatic rings. The molecule has 0 bridgehead atoms. The zero-order chi connectivity index (χ0) is 19.3. The third-order valence-electron chi connectivity index (χ3n) is 3.31. The van der Waals surface area contributed by atoms with E-state index in [0.29, 0.717) is 17.1 Å². The number of nitrogens with zero attached hydrogens (tertiary/aromatic N) is 3. The first-order valence-corrected chi connectivity index (χ1v) is 8.74. The Balaban J connectivity index is 2.50. The van der Waals surface area contributed by atoms with Gasteiger partial charge in [-0.05, 0) is 32.4 Å². The monoisotopic (exact) mass is 365 g/mol. The number of carbonyl (C=O) groups excluding carboxylic acids is 1. The topological polar surface area (TPSA) is 77.1 Å². The largest absolute Gasteiger partial charge is 0.443 e. The van der Waals surface area contributed by atoms with E-state index in [1.165, 1.54) is 16.7 Å². The number of carbonyl (C=O) groups is 1. The zero-order valence-corrected chi connectivity index (χ0v) is 15.8. The molecule has 0 radical (unpaired) electrons. The number of benzene rings is 1. The van der Waals surface area contributed by atoms with Gasteiger partial charge in [0.25, 0.3) is 0 Å². The first-order chi connectivity index (χ1) is 12.2. The molecule has 6 heteroatoms. The highest BCUT2D eigenvalue weighted by molar-refractivity contribution is 8.07. The Morgan fingerprint density at radius 1 is 1.27 bits per heavy atom. The summed E-state index contributed by atoms with van der Waals surface area (Å²) in [6, 6.07) is 13.0. The minimum absolute atomic E-state index is 0.0223. The molecule has 1 fully saturated rings. The maximum Gasteiger partial charge on any atom is 0.415 e. The van der Waals surface area contributed by atoms with Crippen LogP contribution in [0.4, 0.5) is 4.79 Å². The van der Waals surface area contributed by atoms with Gasteiger partial charge in [-0.2, -0.15) is 10.5 Å². The zero-order valence-electron chi connectivity index (χ0n) is 14.9. The standard InChI is InChI=1S/C20H19N3O2S/c1-14-13-23(19(24)25-20(2,3)4)18(26-14)10-17(16(11-21)12-22)15-8-6-5-7-9-15/h5-10H,1,13H2,2-4H3/b18-10-. The predicted octanol–water partition coefficient (Wildman–Crippen LogP) is 4.83. The molecule has 1 aromatic rings. The number of hydrogen-bond acceptors (Lipinski definition) is 5. The predicted molar refractivity (Wildman–Crippen MR) is 102 cm³/mol. The van der Waals surface area contributed by atoms with E-state index in [0.717, 1.165) is 10.5 Å². The molecule has 0 spiro atoms. The van der Waals surface area contributed by atoms with Crippen LogP contribution in [0.3, 0.4) is 0 Å². The number of nitriles is 2. The molecule has 0 saturated carbocycles. The fourth-order valence-electron chi connectivity index (χ4n) is 2.25. The van der Waals surface area contributed by atoms with Gasteiger partial charge in [0.05, 0.1) is 11.6 Å². The maximum atomic E-state index is 12.5. The molecule has 0 N–H and O–H groups in total. The molecular weight excluding hydrogens is 346 g/mol. The van der Waals surface area contributed by atoms with E-state index in [-0.39, 0.29) is 5.57 Å². The molecule has 0 unspecified atom stereocenters. The molecule has 1 aliphatic heterocycles. The van der Waals surface area contributed by atoms with Gasteiger partial charge in [0.15, 0.2) is 0 Å². The SMILES string of the molecule is C=C1CN(C(=O)OC(C)(C)C)/C(=C/C(=C(C#N)C#N)c2ccccc2)S1. The smallest absolute Gasteiger partial charge is 0.415 e. The molecule has 132 valence electrons. The molecular formula is C20H19N3O2S. The number of rotatable bonds is 2. The Kier molecular flexibility index (Phi) is 5.92. The fraction of sp³-hybridized carbons (Fsp3) is 0.250. The number of ether oxygens (including phenoxy) is 1. The first kappa shape index (κ1) is 19.4. The molecule has 1 aromatic carbocycles. The molecule has 1 heterocycles. The molecule has 0 aromatic heterocycles. The third kappa shape index (κ3) is 4.78. The van der Waals surface area contributed by atoms with Crippen LogP contribution in [0, 0.1) is 22.7 Å². The van der Waals surface area contributed by atoms with Gasteiger partial charge in [-0.1, -0.05) is 48.7 Å².